The molecule has 0 heterocycles. The predicted octanol–water partition coefficient (Wildman–Crippen LogP) is 1.55. The first kappa shape index (κ1) is 14.7. The third kappa shape index (κ3) is 3.05. The quantitative estimate of drug-likeness (QED) is 0.761. The van der Waals surface area contributed by atoms with Crippen molar-refractivity contribution >= 4 is 17.7 Å². The molecule has 1 aromatic rings. The van der Waals surface area contributed by atoms with E-state index in [0.717, 1.165) is 0 Å². The number of para-hydroxylation sites is 1. The minimum Gasteiger partial charge on any atom is -0.495 e. The van der Waals surface area contributed by atoms with Crippen molar-refractivity contribution in [2.75, 3.05) is 19.0 Å². The van der Waals surface area contributed by atoms with Gasteiger partial charge in [0.05, 0.1) is 18.1 Å². The molecular formula is C14H15N3O4. The van der Waals surface area contributed by atoms with E-state index in [0.29, 0.717) is 18.6 Å². The number of carboxylic acid groups (broad SMARTS) is 1. The van der Waals surface area contributed by atoms with Crippen LogP contribution in [0.15, 0.2) is 18.2 Å². The predicted molar refractivity (Wildman–Crippen MR) is 74.0 cm³/mol. The van der Waals surface area contributed by atoms with Gasteiger partial charge >= 0.3 is 12.0 Å². The highest BCUT2D eigenvalue weighted by molar-refractivity contribution is 5.93. The van der Waals surface area contributed by atoms with Crippen LogP contribution in [0.5, 0.6) is 5.75 Å². The van der Waals surface area contributed by atoms with E-state index in [4.69, 9.17) is 15.1 Å². The van der Waals surface area contributed by atoms with Crippen molar-refractivity contribution < 1.29 is 19.4 Å². The fourth-order valence-corrected chi connectivity index (χ4v) is 1.95. The summed E-state index contributed by atoms with van der Waals surface area (Å²) in [5.74, 6) is -0.540. The third-order valence-corrected chi connectivity index (χ3v) is 3.50. The summed E-state index contributed by atoms with van der Waals surface area (Å²) in [6.07, 6.45) is 1.11. The molecule has 0 spiro atoms. The average Bonchev–Trinajstić information content (AvgIpc) is 3.26. The molecule has 1 fully saturated rings. The van der Waals surface area contributed by atoms with Gasteiger partial charge in [0.1, 0.15) is 17.5 Å². The highest BCUT2D eigenvalue weighted by Gasteiger charge is 2.50. The maximum atomic E-state index is 11.9. The van der Waals surface area contributed by atoms with E-state index in [-0.39, 0.29) is 17.8 Å². The lowest BCUT2D eigenvalue weighted by Crippen LogP contribution is -2.37. The molecule has 3 N–H and O–H groups in total. The smallest absolute Gasteiger partial charge is 0.319 e. The van der Waals surface area contributed by atoms with E-state index >= 15 is 0 Å². The van der Waals surface area contributed by atoms with Crippen LogP contribution in [0, 0.1) is 16.7 Å². The van der Waals surface area contributed by atoms with E-state index in [1.165, 1.54) is 7.11 Å². The number of hydrogen-bond donors (Lipinski definition) is 3. The van der Waals surface area contributed by atoms with Gasteiger partial charge in [-0.05, 0) is 25.0 Å². The van der Waals surface area contributed by atoms with Crippen LogP contribution >= 0.6 is 0 Å². The normalized spacial score (nSPS) is 14.7. The Morgan fingerprint density at radius 1 is 1.48 bits per heavy atom. The second kappa shape index (κ2) is 5.71. The highest BCUT2D eigenvalue weighted by Crippen LogP contribution is 2.45. The number of urea groups is 1. The number of carbonyl (C=O) groups excluding carboxylic acids is 1. The number of ether oxygens (including phenoxy) is 1. The topological polar surface area (TPSA) is 111 Å². The zero-order chi connectivity index (χ0) is 15.5. The van der Waals surface area contributed by atoms with Gasteiger partial charge in [-0.3, -0.25) is 4.79 Å². The van der Waals surface area contributed by atoms with Crippen molar-refractivity contribution in [1.29, 1.82) is 5.26 Å². The summed E-state index contributed by atoms with van der Waals surface area (Å²) in [4.78, 5) is 22.9. The largest absolute Gasteiger partial charge is 0.495 e. The van der Waals surface area contributed by atoms with Crippen molar-refractivity contribution in [2.45, 2.75) is 12.8 Å². The van der Waals surface area contributed by atoms with Gasteiger partial charge < -0.3 is 20.5 Å². The summed E-state index contributed by atoms with van der Waals surface area (Å²) in [5.41, 5.74) is -0.306. The minimum atomic E-state index is -0.905. The van der Waals surface area contributed by atoms with Crippen molar-refractivity contribution in [1.82, 2.24) is 5.32 Å². The average molecular weight is 289 g/mol. The van der Waals surface area contributed by atoms with Gasteiger partial charge in [0.25, 0.3) is 0 Å². The SMILES string of the molecule is COc1cccc(C#N)c1NC(=O)NCC1(C(=O)O)CC1. The van der Waals surface area contributed by atoms with Crippen LogP contribution in [0.2, 0.25) is 0 Å². The van der Waals surface area contributed by atoms with Crippen LogP contribution in [0.25, 0.3) is 0 Å². The molecule has 110 valence electrons. The van der Waals surface area contributed by atoms with Crippen molar-refractivity contribution in [2.24, 2.45) is 5.41 Å². The fraction of sp³-hybridized carbons (Fsp3) is 0.357. The van der Waals surface area contributed by atoms with Gasteiger partial charge in [-0.1, -0.05) is 6.07 Å². The molecule has 7 heteroatoms. The Morgan fingerprint density at radius 3 is 2.71 bits per heavy atom. The number of nitriles is 1. The number of carbonyl (C=O) groups is 2. The standard InChI is InChI=1S/C14H15N3O4/c1-21-10-4-2-3-9(7-15)11(10)17-13(20)16-8-14(5-6-14)12(18)19/h2-4H,5-6,8H2,1H3,(H,18,19)(H2,16,17,20). The molecule has 1 aromatic carbocycles. The Bertz CT molecular complexity index is 617. The minimum absolute atomic E-state index is 0.0607. The molecule has 0 atom stereocenters. The highest BCUT2D eigenvalue weighted by atomic mass is 16.5. The molecule has 0 bridgehead atoms. The van der Waals surface area contributed by atoms with Gasteiger partial charge in [0.2, 0.25) is 0 Å². The molecule has 7 nitrogen and oxygen atoms in total. The van der Waals surface area contributed by atoms with Crippen LogP contribution < -0.4 is 15.4 Å². The van der Waals surface area contributed by atoms with Crippen LogP contribution in [0.1, 0.15) is 18.4 Å². The van der Waals surface area contributed by atoms with Gasteiger partial charge in [0, 0.05) is 6.54 Å². The van der Waals surface area contributed by atoms with Crippen LogP contribution in [0.3, 0.4) is 0 Å². The number of methoxy groups -OCH3 is 1. The molecule has 1 aliphatic carbocycles. The van der Waals surface area contributed by atoms with Gasteiger partial charge in [-0.25, -0.2) is 4.79 Å². The number of hydrogen-bond acceptors (Lipinski definition) is 4. The molecule has 2 rings (SSSR count). The summed E-state index contributed by atoms with van der Waals surface area (Å²) in [7, 11) is 1.43. The van der Waals surface area contributed by atoms with Gasteiger partial charge in [-0.2, -0.15) is 5.26 Å². The Morgan fingerprint density at radius 2 is 2.19 bits per heavy atom. The lowest BCUT2D eigenvalue weighted by atomic mass is 10.1. The van der Waals surface area contributed by atoms with E-state index in [1.807, 2.05) is 6.07 Å². The van der Waals surface area contributed by atoms with Crippen LogP contribution in [0.4, 0.5) is 10.5 Å². The molecule has 0 aromatic heterocycles. The lowest BCUT2D eigenvalue weighted by Gasteiger charge is -2.14. The number of anilines is 1. The maximum absolute atomic E-state index is 11.9. The Kier molecular flexibility index (Phi) is 3.98. The van der Waals surface area contributed by atoms with Crippen molar-refractivity contribution in [3.8, 4) is 11.8 Å². The van der Waals surface area contributed by atoms with Gasteiger partial charge in [0.15, 0.2) is 0 Å². The van der Waals surface area contributed by atoms with Crippen molar-refractivity contribution in [3.05, 3.63) is 23.8 Å². The summed E-state index contributed by atoms with van der Waals surface area (Å²) < 4.78 is 5.10. The first-order chi connectivity index (χ1) is 10.0. The fourth-order valence-electron chi connectivity index (χ4n) is 1.95. The molecular weight excluding hydrogens is 274 g/mol. The van der Waals surface area contributed by atoms with Crippen molar-refractivity contribution in [3.63, 3.8) is 0 Å². The monoisotopic (exact) mass is 289 g/mol. The second-order valence-corrected chi connectivity index (χ2v) is 4.89. The summed E-state index contributed by atoms with van der Waals surface area (Å²) in [5, 5.41) is 23.1. The summed E-state index contributed by atoms with van der Waals surface area (Å²) in [6, 6.07) is 6.21. The number of nitrogens with one attached hydrogen (secondary N) is 2. The number of benzene rings is 1. The number of nitrogens with zero attached hydrogens (tertiary/aromatic N) is 1. The zero-order valence-electron chi connectivity index (χ0n) is 11.5. The zero-order valence-corrected chi connectivity index (χ0v) is 11.5. The molecule has 21 heavy (non-hydrogen) atoms. The van der Waals surface area contributed by atoms with Crippen LogP contribution in [-0.2, 0) is 4.79 Å². The Hall–Kier alpha value is -2.75. The molecule has 1 aliphatic rings. The Balaban J connectivity index is 2.03. The molecule has 1 saturated carbocycles. The Labute approximate surface area is 121 Å². The third-order valence-electron chi connectivity index (χ3n) is 3.50. The first-order valence-corrected chi connectivity index (χ1v) is 6.38. The number of carboxylic acids is 1. The maximum Gasteiger partial charge on any atom is 0.319 e. The van der Waals surface area contributed by atoms with Gasteiger partial charge in [-0.15, -0.1) is 0 Å². The van der Waals surface area contributed by atoms with E-state index < -0.39 is 17.4 Å². The molecule has 0 unspecified atom stereocenters. The van der Waals surface area contributed by atoms with Crippen LogP contribution in [-0.4, -0.2) is 30.8 Å². The number of rotatable bonds is 5. The molecule has 0 aliphatic heterocycles. The van der Waals surface area contributed by atoms with E-state index in [9.17, 15) is 9.59 Å². The molecule has 0 radical (unpaired) electrons. The van der Waals surface area contributed by atoms with E-state index in [2.05, 4.69) is 10.6 Å². The summed E-state index contributed by atoms with van der Waals surface area (Å²) >= 11 is 0. The molecule has 0 saturated heterocycles. The lowest BCUT2D eigenvalue weighted by molar-refractivity contribution is -0.143. The first-order valence-electron chi connectivity index (χ1n) is 6.38. The molecule has 2 amide bonds. The number of amides is 2. The second-order valence-electron chi connectivity index (χ2n) is 4.89. The summed E-state index contributed by atoms with van der Waals surface area (Å²) in [6.45, 7) is 0.0607. The van der Waals surface area contributed by atoms with E-state index in [1.54, 1.807) is 18.2 Å². The number of aliphatic carboxylic acids is 1.